The number of hydrogen-bond donors (Lipinski definition) is 3. The monoisotopic (exact) mass is 360 g/mol. The minimum absolute atomic E-state index is 0.604. The lowest BCUT2D eigenvalue weighted by Crippen LogP contribution is -2.14. The van der Waals surface area contributed by atoms with Crippen molar-refractivity contribution in [1.82, 2.24) is 30.1 Å². The van der Waals surface area contributed by atoms with E-state index < -0.39 is 0 Å². The summed E-state index contributed by atoms with van der Waals surface area (Å²) in [7, 11) is 1.93. The third-order valence-electron chi connectivity index (χ3n) is 4.91. The molecular formula is C19H20N8. The van der Waals surface area contributed by atoms with Crippen LogP contribution in [-0.2, 0) is 6.54 Å². The lowest BCUT2D eigenvalue weighted by Gasteiger charge is -2.15. The second-order valence-corrected chi connectivity index (χ2v) is 6.85. The average Bonchev–Trinajstić information content (AvgIpc) is 3.23. The summed E-state index contributed by atoms with van der Waals surface area (Å²) in [5, 5.41) is 12.0. The number of rotatable bonds is 6. The van der Waals surface area contributed by atoms with Crippen LogP contribution in [0.2, 0.25) is 0 Å². The van der Waals surface area contributed by atoms with E-state index in [0.29, 0.717) is 18.4 Å². The molecule has 0 spiro atoms. The Hall–Kier alpha value is -3.42. The number of hydrogen-bond acceptors (Lipinski definition) is 6. The standard InChI is InChI=1S/C19H20N8/c1-27(18-8-15(25-26-18)12-2-3-12)19-22-7-5-17(24-19)23-10-13-9-20-11-16-14(13)4-6-21-16/h4-9,11-12,21H,2-3,10H2,1H3,(H,25,26)(H,22,23,24). The van der Waals surface area contributed by atoms with Crippen molar-refractivity contribution in [2.24, 2.45) is 0 Å². The van der Waals surface area contributed by atoms with Gasteiger partial charge in [0.15, 0.2) is 5.82 Å². The molecular weight excluding hydrogens is 340 g/mol. The summed E-state index contributed by atoms with van der Waals surface area (Å²) < 4.78 is 0. The molecule has 0 amide bonds. The highest BCUT2D eigenvalue weighted by Gasteiger charge is 2.26. The Bertz CT molecular complexity index is 1080. The highest BCUT2D eigenvalue weighted by atomic mass is 15.3. The van der Waals surface area contributed by atoms with Crippen molar-refractivity contribution in [3.8, 4) is 0 Å². The van der Waals surface area contributed by atoms with Crippen LogP contribution in [0.15, 0.2) is 43.0 Å². The second-order valence-electron chi connectivity index (χ2n) is 6.85. The Morgan fingerprint density at radius 3 is 3.07 bits per heavy atom. The van der Waals surface area contributed by atoms with Gasteiger partial charge in [-0.25, -0.2) is 4.98 Å². The summed E-state index contributed by atoms with van der Waals surface area (Å²) in [5.74, 6) is 2.83. The van der Waals surface area contributed by atoms with Crippen LogP contribution in [0.5, 0.6) is 0 Å². The number of anilines is 3. The van der Waals surface area contributed by atoms with Crippen LogP contribution < -0.4 is 10.2 Å². The molecule has 0 aromatic carbocycles. The quantitative estimate of drug-likeness (QED) is 0.488. The highest BCUT2D eigenvalue weighted by molar-refractivity contribution is 5.82. The molecule has 4 aromatic heterocycles. The van der Waals surface area contributed by atoms with Gasteiger partial charge in [-0.15, -0.1) is 0 Å². The fourth-order valence-electron chi connectivity index (χ4n) is 3.18. The van der Waals surface area contributed by atoms with E-state index in [4.69, 9.17) is 0 Å². The average molecular weight is 360 g/mol. The second kappa shape index (κ2) is 6.39. The first-order valence-corrected chi connectivity index (χ1v) is 9.04. The Morgan fingerprint density at radius 1 is 1.26 bits per heavy atom. The Labute approximate surface area is 156 Å². The van der Waals surface area contributed by atoms with Gasteiger partial charge >= 0.3 is 0 Å². The van der Waals surface area contributed by atoms with Crippen molar-refractivity contribution in [1.29, 1.82) is 0 Å². The number of aromatic amines is 2. The number of fused-ring (bicyclic) bond motifs is 1. The zero-order chi connectivity index (χ0) is 18.2. The van der Waals surface area contributed by atoms with Gasteiger partial charge in [0, 0.05) is 55.2 Å². The van der Waals surface area contributed by atoms with Crippen LogP contribution in [-0.4, -0.2) is 37.2 Å². The molecule has 3 N–H and O–H groups in total. The predicted molar refractivity (Wildman–Crippen MR) is 104 cm³/mol. The van der Waals surface area contributed by atoms with Crippen LogP contribution in [0.4, 0.5) is 17.6 Å². The van der Waals surface area contributed by atoms with Crippen LogP contribution >= 0.6 is 0 Å². The summed E-state index contributed by atoms with van der Waals surface area (Å²) in [6.07, 6.45) is 9.86. The third-order valence-corrected chi connectivity index (χ3v) is 4.91. The van der Waals surface area contributed by atoms with Crippen LogP contribution in [0, 0.1) is 0 Å². The lowest BCUT2D eigenvalue weighted by atomic mass is 10.2. The topological polar surface area (TPSA) is 98.4 Å². The number of aromatic nitrogens is 6. The number of nitrogens with zero attached hydrogens (tertiary/aromatic N) is 5. The molecule has 8 nitrogen and oxygen atoms in total. The highest BCUT2D eigenvalue weighted by Crippen LogP contribution is 2.40. The number of pyridine rings is 1. The molecule has 0 radical (unpaired) electrons. The first-order chi connectivity index (χ1) is 13.3. The largest absolute Gasteiger partial charge is 0.366 e. The van der Waals surface area contributed by atoms with Crippen molar-refractivity contribution in [3.63, 3.8) is 0 Å². The smallest absolute Gasteiger partial charge is 0.232 e. The van der Waals surface area contributed by atoms with Crippen molar-refractivity contribution >= 4 is 28.5 Å². The van der Waals surface area contributed by atoms with E-state index in [0.717, 1.165) is 28.1 Å². The Balaban J connectivity index is 1.33. The Morgan fingerprint density at radius 2 is 2.19 bits per heavy atom. The molecule has 1 fully saturated rings. The van der Waals surface area contributed by atoms with Crippen molar-refractivity contribution in [3.05, 3.63) is 54.2 Å². The number of nitrogens with one attached hydrogen (secondary N) is 3. The maximum atomic E-state index is 4.62. The Kier molecular flexibility index (Phi) is 3.74. The van der Waals surface area contributed by atoms with Gasteiger partial charge in [0.05, 0.1) is 11.7 Å². The SMILES string of the molecule is CN(c1cc(C2CC2)[nH]n1)c1nccc(NCc2cncc3[nH]ccc23)n1. The van der Waals surface area contributed by atoms with E-state index in [1.54, 1.807) is 6.20 Å². The van der Waals surface area contributed by atoms with Crippen molar-refractivity contribution in [2.45, 2.75) is 25.3 Å². The van der Waals surface area contributed by atoms with Gasteiger partial charge in [-0.1, -0.05) is 0 Å². The molecule has 0 atom stereocenters. The molecule has 27 heavy (non-hydrogen) atoms. The summed E-state index contributed by atoms with van der Waals surface area (Å²) in [6, 6.07) is 6.00. The zero-order valence-electron chi connectivity index (χ0n) is 15.0. The molecule has 136 valence electrons. The normalized spacial score (nSPS) is 13.8. The van der Waals surface area contributed by atoms with E-state index in [-0.39, 0.29) is 0 Å². The molecule has 0 saturated heterocycles. The fraction of sp³-hybridized carbons (Fsp3) is 0.263. The summed E-state index contributed by atoms with van der Waals surface area (Å²) in [6.45, 7) is 0.636. The summed E-state index contributed by atoms with van der Waals surface area (Å²) in [5.41, 5.74) is 3.34. The molecule has 1 aliphatic carbocycles. The van der Waals surface area contributed by atoms with Gasteiger partial charge in [0.25, 0.3) is 0 Å². The zero-order valence-corrected chi connectivity index (χ0v) is 15.0. The minimum atomic E-state index is 0.604. The maximum Gasteiger partial charge on any atom is 0.232 e. The van der Waals surface area contributed by atoms with E-state index in [2.05, 4.69) is 47.6 Å². The fourth-order valence-corrected chi connectivity index (χ4v) is 3.18. The van der Waals surface area contributed by atoms with Gasteiger partial charge in [0.1, 0.15) is 5.82 Å². The van der Waals surface area contributed by atoms with E-state index in [1.807, 2.05) is 36.6 Å². The van der Waals surface area contributed by atoms with Crippen molar-refractivity contribution in [2.75, 3.05) is 17.3 Å². The molecule has 0 bridgehead atoms. The van der Waals surface area contributed by atoms with E-state index in [9.17, 15) is 0 Å². The molecule has 1 saturated carbocycles. The first kappa shape index (κ1) is 15.8. The molecule has 0 aliphatic heterocycles. The molecule has 4 heterocycles. The van der Waals surface area contributed by atoms with Gasteiger partial charge in [-0.3, -0.25) is 15.0 Å². The summed E-state index contributed by atoms with van der Waals surface area (Å²) in [4.78, 5) is 18.4. The predicted octanol–water partition coefficient (Wildman–Crippen LogP) is 3.33. The van der Waals surface area contributed by atoms with Crippen LogP contribution in [0.1, 0.15) is 30.0 Å². The van der Waals surface area contributed by atoms with Gasteiger partial charge in [-0.2, -0.15) is 10.1 Å². The van der Waals surface area contributed by atoms with Gasteiger partial charge < -0.3 is 10.3 Å². The third kappa shape index (κ3) is 3.10. The number of H-pyrrole nitrogens is 2. The van der Waals surface area contributed by atoms with Gasteiger partial charge in [-0.05, 0) is 30.5 Å². The first-order valence-electron chi connectivity index (χ1n) is 9.04. The minimum Gasteiger partial charge on any atom is -0.366 e. The molecule has 5 rings (SSSR count). The molecule has 4 aromatic rings. The van der Waals surface area contributed by atoms with E-state index >= 15 is 0 Å². The van der Waals surface area contributed by atoms with E-state index in [1.165, 1.54) is 18.5 Å². The van der Waals surface area contributed by atoms with Crippen molar-refractivity contribution < 1.29 is 0 Å². The molecule has 0 unspecified atom stereocenters. The molecule has 8 heteroatoms. The summed E-state index contributed by atoms with van der Waals surface area (Å²) >= 11 is 0. The van der Waals surface area contributed by atoms with Crippen LogP contribution in [0.25, 0.3) is 10.9 Å². The molecule has 1 aliphatic rings. The lowest BCUT2D eigenvalue weighted by molar-refractivity contribution is 0.945. The van der Waals surface area contributed by atoms with Gasteiger partial charge in [0.2, 0.25) is 5.95 Å². The maximum absolute atomic E-state index is 4.62. The van der Waals surface area contributed by atoms with Crippen LogP contribution in [0.3, 0.4) is 0 Å².